The van der Waals surface area contributed by atoms with E-state index in [1.54, 1.807) is 0 Å². The van der Waals surface area contributed by atoms with Crippen molar-refractivity contribution in [1.82, 2.24) is 0 Å². The van der Waals surface area contributed by atoms with E-state index in [4.69, 9.17) is 0 Å². The summed E-state index contributed by atoms with van der Waals surface area (Å²) < 4.78 is 0. The Morgan fingerprint density at radius 3 is 2.48 bits per heavy atom. The maximum Gasteiger partial charge on any atom is 0.0281 e. The van der Waals surface area contributed by atoms with E-state index in [0.29, 0.717) is 5.92 Å². The van der Waals surface area contributed by atoms with Crippen LogP contribution in [0.5, 0.6) is 0 Å². The molecule has 0 nitrogen and oxygen atoms in total. The van der Waals surface area contributed by atoms with Crippen LogP contribution in [0.4, 0.5) is 0 Å². The van der Waals surface area contributed by atoms with Gasteiger partial charge in [0.25, 0.3) is 0 Å². The molecule has 0 radical (unpaired) electrons. The van der Waals surface area contributed by atoms with Crippen molar-refractivity contribution in [2.45, 2.75) is 19.3 Å². The standard InChI is InChI=1S/C27H22/c1-2-19-18-22(25-13-7-10-20-8-3-5-11-23(20)25)15-16-26(19)27-17-14-21-9-4-6-12-24(21)27/h3-18,27H,2H2,1H3. The van der Waals surface area contributed by atoms with Gasteiger partial charge in [-0.15, -0.1) is 0 Å². The van der Waals surface area contributed by atoms with Crippen molar-refractivity contribution in [3.05, 3.63) is 113 Å². The first-order chi connectivity index (χ1) is 13.3. The van der Waals surface area contributed by atoms with Crippen LogP contribution in [0, 0.1) is 0 Å². The minimum absolute atomic E-state index is 0.373. The van der Waals surface area contributed by atoms with Gasteiger partial charge in [-0.3, -0.25) is 0 Å². The van der Waals surface area contributed by atoms with E-state index in [1.165, 1.54) is 44.2 Å². The van der Waals surface area contributed by atoms with E-state index in [2.05, 4.69) is 104 Å². The maximum atomic E-state index is 2.39. The minimum atomic E-state index is 0.373. The molecule has 0 heterocycles. The van der Waals surface area contributed by atoms with E-state index in [-0.39, 0.29) is 0 Å². The number of allylic oxidation sites excluding steroid dienone is 1. The second-order valence-electron chi connectivity index (χ2n) is 7.26. The second-order valence-corrected chi connectivity index (χ2v) is 7.26. The van der Waals surface area contributed by atoms with Crippen molar-refractivity contribution in [3.63, 3.8) is 0 Å². The average Bonchev–Trinajstić information content (AvgIpc) is 3.17. The molecule has 1 aliphatic carbocycles. The zero-order chi connectivity index (χ0) is 18.2. The first-order valence-electron chi connectivity index (χ1n) is 9.73. The van der Waals surface area contributed by atoms with Crippen LogP contribution in [-0.2, 0) is 6.42 Å². The zero-order valence-electron chi connectivity index (χ0n) is 15.5. The highest BCUT2D eigenvalue weighted by Gasteiger charge is 2.21. The van der Waals surface area contributed by atoms with Crippen LogP contribution in [0.1, 0.15) is 35.1 Å². The normalized spacial score (nSPS) is 15.2. The number of rotatable bonds is 3. The summed E-state index contributed by atoms with van der Waals surface area (Å²) in [4.78, 5) is 0. The van der Waals surface area contributed by atoms with Crippen molar-refractivity contribution < 1.29 is 0 Å². The fourth-order valence-corrected chi connectivity index (χ4v) is 4.38. The lowest BCUT2D eigenvalue weighted by Crippen LogP contribution is -2.01. The Labute approximate surface area is 160 Å². The maximum absolute atomic E-state index is 2.39. The fraction of sp³-hybridized carbons (Fsp3) is 0.111. The molecule has 4 aromatic rings. The predicted molar refractivity (Wildman–Crippen MR) is 116 cm³/mol. The van der Waals surface area contributed by atoms with Crippen LogP contribution in [0.25, 0.3) is 28.0 Å². The van der Waals surface area contributed by atoms with Gasteiger partial charge in [-0.2, -0.15) is 0 Å². The summed E-state index contributed by atoms with van der Waals surface area (Å²) in [5, 5.41) is 2.62. The molecule has 0 aromatic heterocycles. The molecule has 0 fully saturated rings. The van der Waals surface area contributed by atoms with Gasteiger partial charge in [0.15, 0.2) is 0 Å². The van der Waals surface area contributed by atoms with Gasteiger partial charge in [-0.25, -0.2) is 0 Å². The number of hydrogen-bond donors (Lipinski definition) is 0. The van der Waals surface area contributed by atoms with Crippen molar-refractivity contribution in [2.75, 3.05) is 0 Å². The summed E-state index contributed by atoms with van der Waals surface area (Å²) in [5.41, 5.74) is 8.27. The molecule has 0 saturated carbocycles. The first-order valence-corrected chi connectivity index (χ1v) is 9.73. The molecule has 130 valence electrons. The van der Waals surface area contributed by atoms with Gasteiger partial charge in [0, 0.05) is 5.92 Å². The lowest BCUT2D eigenvalue weighted by molar-refractivity contribution is 0.988. The third-order valence-electron chi connectivity index (χ3n) is 5.76. The Morgan fingerprint density at radius 2 is 1.56 bits per heavy atom. The largest absolute Gasteiger partial charge is 0.0720 e. The van der Waals surface area contributed by atoms with Gasteiger partial charge in [-0.05, 0) is 50.6 Å². The summed E-state index contributed by atoms with van der Waals surface area (Å²) in [5.74, 6) is 0.373. The van der Waals surface area contributed by atoms with Crippen LogP contribution >= 0.6 is 0 Å². The van der Waals surface area contributed by atoms with E-state index in [0.717, 1.165) is 6.42 Å². The Hall–Kier alpha value is -3.12. The SMILES string of the molecule is CCc1cc(-c2cccc3ccccc23)ccc1C1C=Cc2ccccc21. The molecule has 0 N–H and O–H groups in total. The van der Waals surface area contributed by atoms with Crippen molar-refractivity contribution >= 4 is 16.8 Å². The predicted octanol–water partition coefficient (Wildman–Crippen LogP) is 7.23. The molecule has 5 rings (SSSR count). The van der Waals surface area contributed by atoms with Crippen molar-refractivity contribution in [1.29, 1.82) is 0 Å². The number of hydrogen-bond acceptors (Lipinski definition) is 0. The average molecular weight is 346 g/mol. The molecule has 0 spiro atoms. The van der Waals surface area contributed by atoms with Crippen LogP contribution in [0.2, 0.25) is 0 Å². The number of aryl methyl sites for hydroxylation is 1. The van der Waals surface area contributed by atoms with Crippen LogP contribution in [0.3, 0.4) is 0 Å². The third kappa shape index (κ3) is 2.69. The topological polar surface area (TPSA) is 0 Å². The molecule has 27 heavy (non-hydrogen) atoms. The highest BCUT2D eigenvalue weighted by atomic mass is 14.2. The van der Waals surface area contributed by atoms with E-state index >= 15 is 0 Å². The second kappa shape index (κ2) is 6.55. The monoisotopic (exact) mass is 346 g/mol. The fourth-order valence-electron chi connectivity index (χ4n) is 4.38. The van der Waals surface area contributed by atoms with Crippen LogP contribution < -0.4 is 0 Å². The molecular formula is C27H22. The summed E-state index contributed by atoms with van der Waals surface area (Å²) in [6, 6.07) is 31.0. The molecule has 4 aromatic carbocycles. The summed E-state index contributed by atoms with van der Waals surface area (Å²) >= 11 is 0. The Balaban J connectivity index is 1.63. The third-order valence-corrected chi connectivity index (χ3v) is 5.76. The number of fused-ring (bicyclic) bond motifs is 2. The first kappa shape index (κ1) is 16.1. The molecule has 0 aliphatic heterocycles. The van der Waals surface area contributed by atoms with Gasteiger partial charge in [0.1, 0.15) is 0 Å². The molecular weight excluding hydrogens is 324 g/mol. The molecule has 1 aliphatic rings. The van der Waals surface area contributed by atoms with E-state index in [9.17, 15) is 0 Å². The highest BCUT2D eigenvalue weighted by molar-refractivity contribution is 5.96. The van der Waals surface area contributed by atoms with Crippen molar-refractivity contribution in [2.24, 2.45) is 0 Å². The summed E-state index contributed by atoms with van der Waals surface area (Å²) in [6.07, 6.45) is 5.65. The van der Waals surface area contributed by atoms with Gasteiger partial charge in [-0.1, -0.05) is 104 Å². The van der Waals surface area contributed by atoms with Crippen LogP contribution in [0.15, 0.2) is 91.0 Å². The van der Waals surface area contributed by atoms with E-state index < -0.39 is 0 Å². The van der Waals surface area contributed by atoms with Gasteiger partial charge >= 0.3 is 0 Å². The Kier molecular flexibility index (Phi) is 3.90. The Morgan fingerprint density at radius 1 is 0.741 bits per heavy atom. The van der Waals surface area contributed by atoms with Gasteiger partial charge in [0.2, 0.25) is 0 Å². The van der Waals surface area contributed by atoms with Crippen LogP contribution in [-0.4, -0.2) is 0 Å². The quantitative estimate of drug-likeness (QED) is 0.367. The Bertz CT molecular complexity index is 1160. The lowest BCUT2D eigenvalue weighted by atomic mass is 9.86. The molecule has 0 bridgehead atoms. The zero-order valence-corrected chi connectivity index (χ0v) is 15.5. The minimum Gasteiger partial charge on any atom is -0.0720 e. The van der Waals surface area contributed by atoms with Crippen molar-refractivity contribution in [3.8, 4) is 11.1 Å². The molecule has 0 amide bonds. The smallest absolute Gasteiger partial charge is 0.0281 e. The molecule has 1 unspecified atom stereocenters. The van der Waals surface area contributed by atoms with E-state index in [1.807, 2.05) is 0 Å². The van der Waals surface area contributed by atoms with Gasteiger partial charge < -0.3 is 0 Å². The number of benzene rings is 4. The molecule has 0 saturated heterocycles. The molecule has 1 atom stereocenters. The highest BCUT2D eigenvalue weighted by Crippen LogP contribution is 2.38. The summed E-state index contributed by atoms with van der Waals surface area (Å²) in [6.45, 7) is 2.26. The lowest BCUT2D eigenvalue weighted by Gasteiger charge is -2.17. The molecule has 0 heteroatoms. The summed E-state index contributed by atoms with van der Waals surface area (Å²) in [7, 11) is 0. The van der Waals surface area contributed by atoms with Gasteiger partial charge in [0.05, 0.1) is 0 Å².